The maximum atomic E-state index is 5.65. The van der Waals surface area contributed by atoms with Crippen LogP contribution in [0.4, 0.5) is 5.82 Å². The number of nitrogen functional groups attached to an aromatic ring is 1. The van der Waals surface area contributed by atoms with Gasteiger partial charge in [-0.2, -0.15) is 0 Å². The quantitative estimate of drug-likeness (QED) is 0.639. The number of nitrogens with one attached hydrogen (secondary N) is 1. The van der Waals surface area contributed by atoms with Crippen LogP contribution in [0.1, 0.15) is 11.1 Å². The van der Waals surface area contributed by atoms with E-state index in [1.54, 1.807) is 12.3 Å². The van der Waals surface area contributed by atoms with Crippen molar-refractivity contribution in [3.63, 3.8) is 0 Å². The predicted molar refractivity (Wildman–Crippen MR) is 73.1 cm³/mol. The van der Waals surface area contributed by atoms with Crippen molar-refractivity contribution in [1.82, 2.24) is 4.98 Å². The number of rotatable bonds is 5. The third kappa shape index (κ3) is 2.81. The molecular formula is C14H15N3O3. The summed E-state index contributed by atoms with van der Waals surface area (Å²) < 4.78 is 16.2. The van der Waals surface area contributed by atoms with E-state index in [9.17, 15) is 0 Å². The molecule has 0 radical (unpaired) electrons. The highest BCUT2D eigenvalue weighted by atomic mass is 16.7. The number of nitrogens with two attached hydrogens (primary N) is 1. The minimum Gasteiger partial charge on any atom is -0.454 e. The maximum absolute atomic E-state index is 5.65. The molecule has 0 saturated heterocycles. The van der Waals surface area contributed by atoms with Crippen molar-refractivity contribution in [2.75, 3.05) is 12.2 Å². The number of anilines is 1. The summed E-state index contributed by atoms with van der Waals surface area (Å²) >= 11 is 0. The molecule has 0 unspecified atom stereocenters. The Hall–Kier alpha value is -2.31. The molecule has 3 N–H and O–H groups in total. The highest BCUT2D eigenvalue weighted by molar-refractivity contribution is 5.44. The number of benzene rings is 1. The Morgan fingerprint density at radius 2 is 1.90 bits per heavy atom. The molecule has 0 spiro atoms. The number of aromatic nitrogens is 1. The number of hydrazine groups is 1. The van der Waals surface area contributed by atoms with E-state index in [0.29, 0.717) is 19.0 Å². The van der Waals surface area contributed by atoms with Crippen LogP contribution in [0.25, 0.3) is 0 Å². The Morgan fingerprint density at radius 3 is 2.70 bits per heavy atom. The van der Waals surface area contributed by atoms with E-state index >= 15 is 0 Å². The third-order valence-corrected chi connectivity index (χ3v) is 2.95. The van der Waals surface area contributed by atoms with Gasteiger partial charge in [-0.15, -0.1) is 0 Å². The minimum atomic E-state index is 0.285. The molecular weight excluding hydrogens is 258 g/mol. The molecule has 2 aromatic rings. The molecule has 0 atom stereocenters. The van der Waals surface area contributed by atoms with Crippen LogP contribution in [-0.2, 0) is 18.0 Å². The summed E-state index contributed by atoms with van der Waals surface area (Å²) in [5, 5.41) is 0. The van der Waals surface area contributed by atoms with Crippen LogP contribution >= 0.6 is 0 Å². The van der Waals surface area contributed by atoms with E-state index in [1.807, 2.05) is 24.3 Å². The SMILES string of the molecule is NNc1ccc(COCc2ccc3c(c2)OCO3)cn1. The van der Waals surface area contributed by atoms with E-state index in [1.165, 1.54) is 0 Å². The second-order valence-corrected chi connectivity index (χ2v) is 4.38. The fraction of sp³-hybridized carbons (Fsp3) is 0.214. The normalized spacial score (nSPS) is 12.4. The van der Waals surface area contributed by atoms with Gasteiger partial charge in [0.15, 0.2) is 11.5 Å². The lowest BCUT2D eigenvalue weighted by Crippen LogP contribution is -2.08. The number of nitrogens with zero attached hydrogens (tertiary/aromatic N) is 1. The number of pyridine rings is 1. The summed E-state index contributed by atoms with van der Waals surface area (Å²) in [5.74, 6) is 7.43. The molecule has 1 aromatic heterocycles. The van der Waals surface area contributed by atoms with E-state index in [2.05, 4.69) is 10.4 Å². The van der Waals surface area contributed by atoms with Gasteiger partial charge in [-0.1, -0.05) is 12.1 Å². The number of hydrogen-bond acceptors (Lipinski definition) is 6. The second kappa shape index (κ2) is 5.77. The molecule has 1 aliphatic heterocycles. The van der Waals surface area contributed by atoms with Gasteiger partial charge in [0.05, 0.1) is 13.2 Å². The van der Waals surface area contributed by atoms with Gasteiger partial charge >= 0.3 is 0 Å². The van der Waals surface area contributed by atoms with Crippen LogP contribution in [-0.4, -0.2) is 11.8 Å². The summed E-state index contributed by atoms with van der Waals surface area (Å²) in [6.45, 7) is 1.28. The maximum Gasteiger partial charge on any atom is 0.231 e. The lowest BCUT2D eigenvalue weighted by molar-refractivity contribution is 0.107. The molecule has 0 amide bonds. The van der Waals surface area contributed by atoms with Gasteiger partial charge < -0.3 is 19.6 Å². The van der Waals surface area contributed by atoms with Crippen molar-refractivity contribution in [2.24, 2.45) is 5.84 Å². The third-order valence-electron chi connectivity index (χ3n) is 2.95. The van der Waals surface area contributed by atoms with Crippen LogP contribution < -0.4 is 20.7 Å². The Kier molecular flexibility index (Phi) is 3.67. The van der Waals surface area contributed by atoms with Gasteiger partial charge in [-0.3, -0.25) is 0 Å². The van der Waals surface area contributed by atoms with Gasteiger partial charge in [-0.25, -0.2) is 10.8 Å². The van der Waals surface area contributed by atoms with Crippen LogP contribution in [0.2, 0.25) is 0 Å². The zero-order chi connectivity index (χ0) is 13.8. The molecule has 6 nitrogen and oxygen atoms in total. The van der Waals surface area contributed by atoms with Crippen molar-refractivity contribution < 1.29 is 14.2 Å². The zero-order valence-electron chi connectivity index (χ0n) is 10.8. The first-order chi connectivity index (χ1) is 9.85. The topological polar surface area (TPSA) is 78.6 Å². The van der Waals surface area contributed by atoms with E-state index in [0.717, 1.165) is 22.6 Å². The van der Waals surface area contributed by atoms with Crippen molar-refractivity contribution in [2.45, 2.75) is 13.2 Å². The second-order valence-electron chi connectivity index (χ2n) is 4.38. The fourth-order valence-electron chi connectivity index (χ4n) is 1.91. The van der Waals surface area contributed by atoms with Crippen molar-refractivity contribution in [1.29, 1.82) is 0 Å². The lowest BCUT2D eigenvalue weighted by atomic mass is 10.2. The summed E-state index contributed by atoms with van der Waals surface area (Å²) in [6, 6.07) is 9.51. The molecule has 3 rings (SSSR count). The molecule has 0 aliphatic carbocycles. The van der Waals surface area contributed by atoms with Crippen LogP contribution in [0.5, 0.6) is 11.5 Å². The van der Waals surface area contributed by atoms with Crippen LogP contribution in [0, 0.1) is 0 Å². The highest BCUT2D eigenvalue weighted by Gasteiger charge is 2.12. The molecule has 2 heterocycles. The molecule has 1 aliphatic rings. The predicted octanol–water partition coefficient (Wildman–Crippen LogP) is 1.81. The molecule has 0 bridgehead atoms. The molecule has 1 aromatic carbocycles. The van der Waals surface area contributed by atoms with E-state index in [4.69, 9.17) is 20.1 Å². The van der Waals surface area contributed by atoms with Gasteiger partial charge in [-0.05, 0) is 29.3 Å². The summed E-state index contributed by atoms with van der Waals surface area (Å²) in [6.07, 6.45) is 1.73. The summed E-state index contributed by atoms with van der Waals surface area (Å²) in [5.41, 5.74) is 4.52. The van der Waals surface area contributed by atoms with Crippen molar-refractivity contribution in [3.05, 3.63) is 47.7 Å². The first kappa shape index (κ1) is 12.7. The minimum absolute atomic E-state index is 0.285. The molecule has 0 fully saturated rings. The molecule has 6 heteroatoms. The number of hydrogen-bond donors (Lipinski definition) is 2. The average molecular weight is 273 g/mol. The van der Waals surface area contributed by atoms with E-state index < -0.39 is 0 Å². The average Bonchev–Trinajstić information content (AvgIpc) is 2.95. The summed E-state index contributed by atoms with van der Waals surface area (Å²) in [4.78, 5) is 4.12. The molecule has 104 valence electrons. The molecule has 20 heavy (non-hydrogen) atoms. The smallest absolute Gasteiger partial charge is 0.231 e. The first-order valence-corrected chi connectivity index (χ1v) is 6.23. The van der Waals surface area contributed by atoms with Gasteiger partial charge in [0.1, 0.15) is 5.82 Å². The Balaban J connectivity index is 1.54. The van der Waals surface area contributed by atoms with E-state index in [-0.39, 0.29) is 6.79 Å². The van der Waals surface area contributed by atoms with Crippen molar-refractivity contribution in [3.8, 4) is 11.5 Å². The Labute approximate surface area is 116 Å². The summed E-state index contributed by atoms with van der Waals surface area (Å²) in [7, 11) is 0. The standard InChI is InChI=1S/C14H15N3O3/c15-17-14-4-2-11(6-16-14)8-18-7-10-1-3-12-13(5-10)20-9-19-12/h1-6H,7-9,15H2,(H,16,17). The van der Waals surface area contributed by atoms with Crippen LogP contribution in [0.3, 0.4) is 0 Å². The van der Waals surface area contributed by atoms with Gasteiger partial charge in [0.25, 0.3) is 0 Å². The highest BCUT2D eigenvalue weighted by Crippen LogP contribution is 2.32. The Morgan fingerprint density at radius 1 is 1.10 bits per heavy atom. The first-order valence-electron chi connectivity index (χ1n) is 6.23. The monoisotopic (exact) mass is 273 g/mol. The largest absolute Gasteiger partial charge is 0.454 e. The number of ether oxygens (including phenoxy) is 3. The number of fused-ring (bicyclic) bond motifs is 1. The lowest BCUT2D eigenvalue weighted by Gasteiger charge is -2.06. The zero-order valence-corrected chi connectivity index (χ0v) is 10.8. The molecule has 0 saturated carbocycles. The van der Waals surface area contributed by atoms with Crippen molar-refractivity contribution >= 4 is 5.82 Å². The Bertz CT molecular complexity index is 587. The fourth-order valence-corrected chi connectivity index (χ4v) is 1.91. The van der Waals surface area contributed by atoms with Crippen LogP contribution in [0.15, 0.2) is 36.5 Å². The van der Waals surface area contributed by atoms with Gasteiger partial charge in [0.2, 0.25) is 6.79 Å². The van der Waals surface area contributed by atoms with Gasteiger partial charge in [0, 0.05) is 6.20 Å².